The highest BCUT2D eigenvalue weighted by molar-refractivity contribution is 6.03. The molecular weight excluding hydrogens is 456 g/mol. The summed E-state index contributed by atoms with van der Waals surface area (Å²) < 4.78 is 7.68. The highest BCUT2D eigenvalue weighted by Gasteiger charge is 2.30. The van der Waals surface area contributed by atoms with Crippen LogP contribution in [0.1, 0.15) is 30.0 Å². The third-order valence-corrected chi connectivity index (χ3v) is 7.19. The van der Waals surface area contributed by atoms with Gasteiger partial charge in [0.05, 0.1) is 42.5 Å². The van der Waals surface area contributed by atoms with Crippen LogP contribution in [-0.2, 0) is 16.1 Å². The van der Waals surface area contributed by atoms with Crippen LogP contribution in [0.4, 0.5) is 5.69 Å². The third-order valence-electron chi connectivity index (χ3n) is 7.19. The van der Waals surface area contributed by atoms with Crippen molar-refractivity contribution in [3.05, 3.63) is 66.4 Å². The minimum absolute atomic E-state index is 0.218. The number of likely N-dealkylation sites (N-methyl/N-ethyl adjacent to an activating group) is 1. The Hall–Kier alpha value is -3.98. The quantitative estimate of drug-likeness (QED) is 0.435. The number of piperazine rings is 1. The lowest BCUT2D eigenvalue weighted by Crippen LogP contribution is -2.44. The van der Waals surface area contributed by atoms with Gasteiger partial charge >= 0.3 is 0 Å². The van der Waals surface area contributed by atoms with Crippen LogP contribution in [0.5, 0.6) is 0 Å². The van der Waals surface area contributed by atoms with Gasteiger partial charge in [-0.15, -0.1) is 0 Å². The number of hydrogen-bond donors (Lipinski definition) is 1. The van der Waals surface area contributed by atoms with Gasteiger partial charge in [-0.1, -0.05) is 12.1 Å². The maximum atomic E-state index is 12.3. The summed E-state index contributed by atoms with van der Waals surface area (Å²) in [6.07, 6.45) is 8.27. The van der Waals surface area contributed by atoms with Gasteiger partial charge in [0, 0.05) is 55.3 Å². The molecule has 2 amide bonds. The van der Waals surface area contributed by atoms with Gasteiger partial charge in [0.2, 0.25) is 11.8 Å². The fraction of sp³-hybridized carbons (Fsp3) is 0.333. The monoisotopic (exact) mass is 484 g/mol. The van der Waals surface area contributed by atoms with E-state index in [1.54, 1.807) is 6.26 Å². The molecule has 2 aliphatic heterocycles. The number of imide groups is 1. The molecule has 0 saturated carbocycles. The normalized spacial score (nSPS) is 19.1. The molecule has 0 radical (unpaired) electrons. The van der Waals surface area contributed by atoms with E-state index in [4.69, 9.17) is 4.42 Å². The molecule has 6 rings (SSSR count). The van der Waals surface area contributed by atoms with E-state index in [-0.39, 0.29) is 17.7 Å². The van der Waals surface area contributed by atoms with Gasteiger partial charge in [0.15, 0.2) is 0 Å². The zero-order valence-electron chi connectivity index (χ0n) is 20.2. The lowest BCUT2D eigenvalue weighted by atomic mass is 9.90. The molecule has 1 unspecified atom stereocenters. The number of nitrogens with zero attached hydrogens (tertiary/aromatic N) is 5. The smallest absolute Gasteiger partial charge is 0.234 e. The van der Waals surface area contributed by atoms with Crippen LogP contribution in [0.25, 0.3) is 22.1 Å². The first-order chi connectivity index (χ1) is 17.5. The molecule has 0 bridgehead atoms. The number of furan rings is 1. The summed E-state index contributed by atoms with van der Waals surface area (Å²) in [5, 5.41) is 7.85. The lowest BCUT2D eigenvalue weighted by Gasteiger charge is -2.33. The molecule has 1 N–H and O–H groups in total. The van der Waals surface area contributed by atoms with Gasteiger partial charge in [-0.25, -0.2) is 0 Å². The third kappa shape index (κ3) is 4.37. The van der Waals surface area contributed by atoms with Crippen molar-refractivity contribution in [1.29, 1.82) is 0 Å². The van der Waals surface area contributed by atoms with Crippen molar-refractivity contribution in [1.82, 2.24) is 25.0 Å². The average Bonchev–Trinajstić information content (AvgIpc) is 3.52. The van der Waals surface area contributed by atoms with E-state index in [0.29, 0.717) is 25.0 Å². The molecular formula is C27H28N6O3. The molecule has 2 aliphatic rings. The number of carbonyl (C=O) groups is 2. The summed E-state index contributed by atoms with van der Waals surface area (Å²) in [4.78, 5) is 33.2. The van der Waals surface area contributed by atoms with Gasteiger partial charge < -0.3 is 14.2 Å². The number of aromatic nitrogens is 3. The van der Waals surface area contributed by atoms with Crippen LogP contribution in [0, 0.1) is 0 Å². The molecule has 184 valence electrons. The van der Waals surface area contributed by atoms with Crippen LogP contribution in [-0.4, -0.2) is 64.7 Å². The number of piperidine rings is 1. The lowest BCUT2D eigenvalue weighted by molar-refractivity contribution is -0.134. The zero-order valence-corrected chi connectivity index (χ0v) is 20.2. The van der Waals surface area contributed by atoms with Crippen molar-refractivity contribution in [2.75, 3.05) is 38.1 Å². The molecule has 1 aromatic carbocycles. The number of carbonyl (C=O) groups excluding carboxylic acids is 2. The zero-order chi connectivity index (χ0) is 24.6. The number of hydrogen-bond acceptors (Lipinski definition) is 7. The van der Waals surface area contributed by atoms with Crippen LogP contribution in [0.2, 0.25) is 0 Å². The molecule has 1 atom stereocenters. The van der Waals surface area contributed by atoms with Crippen molar-refractivity contribution < 1.29 is 14.0 Å². The Bertz CT molecular complexity index is 1420. The maximum Gasteiger partial charge on any atom is 0.234 e. The van der Waals surface area contributed by atoms with Crippen molar-refractivity contribution in [3.8, 4) is 11.1 Å². The van der Waals surface area contributed by atoms with Gasteiger partial charge in [0.25, 0.3) is 0 Å². The van der Waals surface area contributed by atoms with Crippen LogP contribution >= 0.6 is 0 Å². The molecule has 2 saturated heterocycles. The second-order valence-electron chi connectivity index (χ2n) is 9.63. The first-order valence-electron chi connectivity index (χ1n) is 12.3. The number of nitrogens with one attached hydrogen (secondary N) is 1. The second-order valence-corrected chi connectivity index (χ2v) is 9.63. The summed E-state index contributed by atoms with van der Waals surface area (Å²) in [5.74, 6) is -0.846. The number of rotatable bonds is 5. The minimum atomic E-state index is -0.368. The summed E-state index contributed by atoms with van der Waals surface area (Å²) in [5.41, 5.74) is 5.61. The Balaban J connectivity index is 1.15. The van der Waals surface area contributed by atoms with Crippen LogP contribution < -0.4 is 10.2 Å². The van der Waals surface area contributed by atoms with Gasteiger partial charge in [-0.3, -0.25) is 24.6 Å². The molecule has 5 heterocycles. The summed E-state index contributed by atoms with van der Waals surface area (Å²) in [6.45, 7) is 4.77. The molecule has 3 aromatic heterocycles. The van der Waals surface area contributed by atoms with E-state index in [9.17, 15) is 9.59 Å². The summed E-state index contributed by atoms with van der Waals surface area (Å²) in [6, 6.07) is 10.2. The molecule has 9 heteroatoms. The fourth-order valence-electron chi connectivity index (χ4n) is 5.02. The number of pyridine rings is 1. The van der Waals surface area contributed by atoms with E-state index in [2.05, 4.69) is 44.4 Å². The van der Waals surface area contributed by atoms with E-state index >= 15 is 0 Å². The predicted octanol–water partition coefficient (Wildman–Crippen LogP) is 3.01. The molecule has 0 spiro atoms. The second kappa shape index (κ2) is 9.23. The Morgan fingerprint density at radius 2 is 1.92 bits per heavy atom. The molecule has 36 heavy (non-hydrogen) atoms. The molecule has 2 fully saturated rings. The van der Waals surface area contributed by atoms with Crippen molar-refractivity contribution in [3.63, 3.8) is 0 Å². The van der Waals surface area contributed by atoms with Crippen molar-refractivity contribution >= 4 is 28.5 Å². The number of amides is 2. The summed E-state index contributed by atoms with van der Waals surface area (Å²) in [7, 11) is 2.16. The topological polar surface area (TPSA) is 96.5 Å². The van der Waals surface area contributed by atoms with Gasteiger partial charge in [-0.05, 0) is 37.2 Å². The Morgan fingerprint density at radius 3 is 2.69 bits per heavy atom. The predicted molar refractivity (Wildman–Crippen MR) is 136 cm³/mol. The standard InChI is InChI=1S/C27H28N6O3/c1-31-8-10-32(11-9-31)21-4-3-20(28-14-21)16-33-15-19(13-29-33)18-2-5-22-24(17-36-25(22)12-18)23-6-7-26(34)30-27(23)35/h2-5,12-15,17,23H,6-11,16H2,1H3,(H,30,34,35). The molecule has 0 aliphatic carbocycles. The van der Waals surface area contributed by atoms with E-state index in [0.717, 1.165) is 59.6 Å². The molecule has 9 nitrogen and oxygen atoms in total. The number of fused-ring (bicyclic) bond motifs is 1. The SMILES string of the molecule is CN1CCN(c2ccc(Cn3cc(-c4ccc5c(C6CCC(=O)NC6=O)coc5c4)cn3)nc2)CC1. The summed E-state index contributed by atoms with van der Waals surface area (Å²) >= 11 is 0. The highest BCUT2D eigenvalue weighted by Crippen LogP contribution is 2.34. The van der Waals surface area contributed by atoms with Gasteiger partial charge in [-0.2, -0.15) is 5.10 Å². The largest absolute Gasteiger partial charge is 0.464 e. The number of anilines is 1. The Labute approximate surface area is 208 Å². The Morgan fingerprint density at radius 1 is 1.06 bits per heavy atom. The van der Waals surface area contributed by atoms with E-state index in [1.807, 2.05) is 41.5 Å². The Kier molecular flexibility index (Phi) is 5.77. The highest BCUT2D eigenvalue weighted by atomic mass is 16.3. The van der Waals surface area contributed by atoms with E-state index in [1.165, 1.54) is 0 Å². The maximum absolute atomic E-state index is 12.3. The van der Waals surface area contributed by atoms with E-state index < -0.39 is 0 Å². The average molecular weight is 485 g/mol. The number of benzene rings is 1. The van der Waals surface area contributed by atoms with Gasteiger partial charge in [0.1, 0.15) is 5.58 Å². The fourth-order valence-corrected chi connectivity index (χ4v) is 5.02. The minimum Gasteiger partial charge on any atom is -0.464 e. The molecule has 4 aromatic rings. The van der Waals surface area contributed by atoms with Crippen LogP contribution in [0.15, 0.2) is 59.6 Å². The van der Waals surface area contributed by atoms with Crippen molar-refractivity contribution in [2.24, 2.45) is 0 Å². The van der Waals surface area contributed by atoms with Crippen LogP contribution in [0.3, 0.4) is 0 Å². The first-order valence-corrected chi connectivity index (χ1v) is 12.3. The first kappa shape index (κ1) is 22.5. The van der Waals surface area contributed by atoms with Crippen molar-refractivity contribution in [2.45, 2.75) is 25.3 Å².